The summed E-state index contributed by atoms with van der Waals surface area (Å²) in [5, 5.41) is 8.66. The Hall–Kier alpha value is -0.880. The molecule has 2 unspecified atom stereocenters. The van der Waals surface area contributed by atoms with Gasteiger partial charge in [0.2, 0.25) is 5.89 Å². The number of aromatic nitrogens is 1. The van der Waals surface area contributed by atoms with Crippen LogP contribution in [0.4, 0.5) is 0 Å². The van der Waals surface area contributed by atoms with E-state index in [-0.39, 0.29) is 11.6 Å². The lowest BCUT2D eigenvalue weighted by atomic mass is 10.2. The third kappa shape index (κ3) is 2.12. The van der Waals surface area contributed by atoms with Crippen molar-refractivity contribution in [2.45, 2.75) is 37.5 Å². The van der Waals surface area contributed by atoms with Crippen molar-refractivity contribution in [3.8, 4) is 0 Å². The van der Waals surface area contributed by atoms with E-state index in [1.165, 1.54) is 6.26 Å². The fraction of sp³-hybridized carbons (Fsp3) is 0.700. The quantitative estimate of drug-likeness (QED) is 0.851. The summed E-state index contributed by atoms with van der Waals surface area (Å²) >= 11 is 0. The maximum atomic E-state index is 11.8. The normalized spacial score (nSPS) is 26.5. The van der Waals surface area contributed by atoms with Crippen molar-refractivity contribution in [2.24, 2.45) is 0 Å². The van der Waals surface area contributed by atoms with Gasteiger partial charge in [0.25, 0.3) is 0 Å². The smallest absolute Gasteiger partial charge is 0.212 e. The molecule has 16 heavy (non-hydrogen) atoms. The molecule has 2 rings (SSSR count). The van der Waals surface area contributed by atoms with Gasteiger partial charge in [-0.3, -0.25) is 0 Å². The van der Waals surface area contributed by atoms with Gasteiger partial charge in [0.1, 0.15) is 17.2 Å². The molecule has 6 heteroatoms. The summed E-state index contributed by atoms with van der Waals surface area (Å²) in [7, 11) is -3.13. The number of nitrogens with zero attached hydrogens (tertiary/aromatic N) is 1. The Morgan fingerprint density at radius 1 is 1.56 bits per heavy atom. The average molecular weight is 245 g/mol. The molecule has 5 nitrogen and oxygen atoms in total. The number of oxazole rings is 1. The Morgan fingerprint density at radius 3 is 2.88 bits per heavy atom. The minimum absolute atomic E-state index is 0.198. The number of aliphatic hydroxyl groups is 1. The molecule has 90 valence electrons. The highest BCUT2D eigenvalue weighted by atomic mass is 32.2. The van der Waals surface area contributed by atoms with E-state index in [1.54, 1.807) is 6.92 Å². The number of rotatable bonds is 2. The van der Waals surface area contributed by atoms with Crippen LogP contribution in [0.2, 0.25) is 0 Å². The molecule has 1 fully saturated rings. The molecule has 0 spiro atoms. The van der Waals surface area contributed by atoms with Crippen LogP contribution in [0.25, 0.3) is 0 Å². The molecule has 0 aliphatic carbocycles. The summed E-state index contributed by atoms with van der Waals surface area (Å²) in [6, 6.07) is 0. The Kier molecular flexibility index (Phi) is 3.03. The van der Waals surface area contributed by atoms with E-state index in [0.29, 0.717) is 18.5 Å². The summed E-state index contributed by atoms with van der Waals surface area (Å²) in [5.74, 6) is 0.417. The molecule has 1 aromatic heterocycles. The van der Waals surface area contributed by atoms with E-state index in [4.69, 9.17) is 4.42 Å². The molecule has 1 N–H and O–H groups in total. The summed E-state index contributed by atoms with van der Waals surface area (Å²) in [5.41, 5.74) is 0.385. The number of sulfone groups is 1. The second-order valence-electron chi connectivity index (χ2n) is 4.14. The first-order valence-electron chi connectivity index (χ1n) is 5.35. The molecule has 0 bridgehead atoms. The van der Waals surface area contributed by atoms with Crippen LogP contribution in [-0.2, 0) is 9.84 Å². The van der Waals surface area contributed by atoms with Gasteiger partial charge in [0.15, 0.2) is 9.84 Å². The van der Waals surface area contributed by atoms with Crippen molar-refractivity contribution >= 4 is 9.84 Å². The maximum absolute atomic E-state index is 11.8. The van der Waals surface area contributed by atoms with Crippen molar-refractivity contribution in [1.82, 2.24) is 4.98 Å². The van der Waals surface area contributed by atoms with Gasteiger partial charge < -0.3 is 9.52 Å². The number of aliphatic hydroxyl groups excluding tert-OH is 1. The van der Waals surface area contributed by atoms with Crippen LogP contribution in [0.5, 0.6) is 0 Å². The van der Waals surface area contributed by atoms with Crippen LogP contribution >= 0.6 is 0 Å². The fourth-order valence-corrected chi connectivity index (χ4v) is 3.70. The molecular formula is C10H15NO4S. The van der Waals surface area contributed by atoms with Crippen LogP contribution < -0.4 is 0 Å². The van der Waals surface area contributed by atoms with Crippen molar-refractivity contribution in [1.29, 1.82) is 0 Å². The molecule has 0 amide bonds. The Labute approximate surface area is 94.4 Å². The molecule has 1 aromatic rings. The minimum Gasteiger partial charge on any atom is -0.447 e. The number of hydrogen-bond acceptors (Lipinski definition) is 5. The molecule has 0 radical (unpaired) electrons. The first-order chi connectivity index (χ1) is 7.50. The molecule has 2 atom stereocenters. The second kappa shape index (κ2) is 4.18. The molecule has 2 heterocycles. The Balaban J connectivity index is 2.29. The molecule has 0 aromatic carbocycles. The van der Waals surface area contributed by atoms with Crippen LogP contribution in [0.3, 0.4) is 0 Å². The fourth-order valence-electron chi connectivity index (χ4n) is 1.87. The van der Waals surface area contributed by atoms with Gasteiger partial charge in [-0.15, -0.1) is 0 Å². The average Bonchev–Trinajstić information content (AvgIpc) is 2.65. The lowest BCUT2D eigenvalue weighted by molar-refractivity contribution is 0.194. The highest BCUT2D eigenvalue weighted by molar-refractivity contribution is 7.91. The molecule has 1 aliphatic heterocycles. The Morgan fingerprint density at radius 2 is 2.31 bits per heavy atom. The predicted molar refractivity (Wildman–Crippen MR) is 57.5 cm³/mol. The van der Waals surface area contributed by atoms with Gasteiger partial charge >= 0.3 is 0 Å². The van der Waals surface area contributed by atoms with E-state index in [9.17, 15) is 13.5 Å². The third-order valence-electron chi connectivity index (χ3n) is 2.82. The van der Waals surface area contributed by atoms with E-state index in [2.05, 4.69) is 4.98 Å². The largest absolute Gasteiger partial charge is 0.447 e. The molecule has 1 saturated heterocycles. The van der Waals surface area contributed by atoms with Gasteiger partial charge in [0.05, 0.1) is 11.9 Å². The Bertz CT molecular complexity index is 463. The molecule has 0 saturated carbocycles. The summed E-state index contributed by atoms with van der Waals surface area (Å²) in [6.45, 7) is 1.57. The zero-order valence-corrected chi connectivity index (χ0v) is 9.90. The first kappa shape index (κ1) is 11.6. The summed E-state index contributed by atoms with van der Waals surface area (Å²) in [6.07, 6.45) is 2.73. The van der Waals surface area contributed by atoms with E-state index in [1.807, 2.05) is 0 Å². The monoisotopic (exact) mass is 245 g/mol. The first-order valence-corrected chi connectivity index (χ1v) is 7.07. The summed E-state index contributed by atoms with van der Waals surface area (Å²) < 4.78 is 28.7. The topological polar surface area (TPSA) is 80.4 Å². The molecular weight excluding hydrogens is 230 g/mol. The van der Waals surface area contributed by atoms with Crippen molar-refractivity contribution in [3.05, 3.63) is 17.8 Å². The van der Waals surface area contributed by atoms with Crippen LogP contribution in [0.15, 0.2) is 10.7 Å². The van der Waals surface area contributed by atoms with Crippen molar-refractivity contribution < 1.29 is 17.9 Å². The molecule has 1 aliphatic rings. The van der Waals surface area contributed by atoms with Crippen LogP contribution in [0, 0.1) is 0 Å². The van der Waals surface area contributed by atoms with Gasteiger partial charge in [-0.2, -0.15) is 0 Å². The lowest BCUT2D eigenvalue weighted by Crippen LogP contribution is -2.21. The predicted octanol–water partition coefficient (Wildman–Crippen LogP) is 1.37. The highest BCUT2D eigenvalue weighted by Gasteiger charge is 2.34. The zero-order valence-electron chi connectivity index (χ0n) is 9.09. The SMILES string of the molecule is CC(O)c1coc(C2CCCCS2(=O)=O)n1. The third-order valence-corrected chi connectivity index (χ3v) is 4.98. The summed E-state index contributed by atoms with van der Waals surface area (Å²) in [4.78, 5) is 4.03. The van der Waals surface area contributed by atoms with E-state index < -0.39 is 21.2 Å². The maximum Gasteiger partial charge on any atom is 0.212 e. The van der Waals surface area contributed by atoms with E-state index in [0.717, 1.165) is 6.42 Å². The lowest BCUT2D eigenvalue weighted by Gasteiger charge is -2.19. The van der Waals surface area contributed by atoms with E-state index >= 15 is 0 Å². The van der Waals surface area contributed by atoms with Crippen LogP contribution in [-0.4, -0.2) is 24.3 Å². The van der Waals surface area contributed by atoms with Gasteiger partial charge in [-0.25, -0.2) is 13.4 Å². The van der Waals surface area contributed by atoms with Gasteiger partial charge in [-0.05, 0) is 19.8 Å². The van der Waals surface area contributed by atoms with Gasteiger partial charge in [0, 0.05) is 0 Å². The number of hydrogen-bond donors (Lipinski definition) is 1. The highest BCUT2D eigenvalue weighted by Crippen LogP contribution is 2.33. The van der Waals surface area contributed by atoms with Crippen LogP contribution in [0.1, 0.15) is 49.1 Å². The second-order valence-corrected chi connectivity index (χ2v) is 6.44. The van der Waals surface area contributed by atoms with Gasteiger partial charge in [-0.1, -0.05) is 6.42 Å². The minimum atomic E-state index is -3.13. The van der Waals surface area contributed by atoms with Crippen molar-refractivity contribution in [3.63, 3.8) is 0 Å². The van der Waals surface area contributed by atoms with Crippen molar-refractivity contribution in [2.75, 3.05) is 5.75 Å². The standard InChI is InChI=1S/C10H15NO4S/c1-7(12)8-6-15-10(11-8)9-4-2-3-5-16(9,13)14/h6-7,9,12H,2-5H2,1H3. The zero-order chi connectivity index (χ0) is 11.8.